The van der Waals surface area contributed by atoms with Crippen LogP contribution in [0.15, 0.2) is 47.6 Å². The van der Waals surface area contributed by atoms with Gasteiger partial charge in [0.1, 0.15) is 11.6 Å². The summed E-state index contributed by atoms with van der Waals surface area (Å²) in [5, 5.41) is 11.7. The number of tetrazole rings is 1. The standard InChI is InChI=1S/C16H12F2N4OS/c1-10-2-5-12(6-3-10)22-16(19-20-21-22)24-9-15(23)13-8-11(17)4-7-14(13)18/h2-8H,9H2,1H3. The minimum absolute atomic E-state index is 0.105. The third kappa shape index (κ3) is 3.48. The molecular formula is C16H12F2N4OS. The number of nitrogens with zero attached hydrogens (tertiary/aromatic N) is 4. The molecule has 122 valence electrons. The minimum Gasteiger partial charge on any atom is -0.293 e. The number of ketones is 1. The second-order valence-corrected chi connectivity index (χ2v) is 5.99. The Morgan fingerprint density at radius 3 is 2.67 bits per heavy atom. The van der Waals surface area contributed by atoms with E-state index in [1.165, 1.54) is 4.68 Å². The molecule has 5 nitrogen and oxygen atoms in total. The molecule has 0 atom stereocenters. The quantitative estimate of drug-likeness (QED) is 0.524. The molecule has 3 rings (SSSR count). The zero-order valence-corrected chi connectivity index (χ0v) is 13.4. The fraction of sp³-hybridized carbons (Fsp3) is 0.125. The van der Waals surface area contributed by atoms with Crippen LogP contribution in [0.25, 0.3) is 5.69 Å². The number of hydrogen-bond acceptors (Lipinski definition) is 5. The maximum atomic E-state index is 13.6. The second kappa shape index (κ2) is 6.88. The Bertz CT molecular complexity index is 880. The van der Waals surface area contributed by atoms with Gasteiger partial charge in [-0.1, -0.05) is 29.5 Å². The molecule has 3 aromatic rings. The normalized spacial score (nSPS) is 10.8. The van der Waals surface area contributed by atoms with E-state index >= 15 is 0 Å². The summed E-state index contributed by atoms with van der Waals surface area (Å²) >= 11 is 1.06. The summed E-state index contributed by atoms with van der Waals surface area (Å²) in [6.07, 6.45) is 0. The number of carbonyl (C=O) groups is 1. The van der Waals surface area contributed by atoms with Crippen LogP contribution in [0.2, 0.25) is 0 Å². The highest BCUT2D eigenvalue weighted by Crippen LogP contribution is 2.21. The van der Waals surface area contributed by atoms with Gasteiger partial charge < -0.3 is 0 Å². The summed E-state index contributed by atoms with van der Waals surface area (Å²) in [5.41, 5.74) is 1.56. The Kier molecular flexibility index (Phi) is 4.66. The average Bonchev–Trinajstić information content (AvgIpc) is 3.04. The van der Waals surface area contributed by atoms with Crippen LogP contribution < -0.4 is 0 Å². The maximum Gasteiger partial charge on any atom is 0.214 e. The lowest BCUT2D eigenvalue weighted by Gasteiger charge is -2.05. The molecule has 0 aliphatic rings. The molecule has 0 amide bonds. The smallest absolute Gasteiger partial charge is 0.214 e. The fourth-order valence-electron chi connectivity index (χ4n) is 2.04. The van der Waals surface area contributed by atoms with Gasteiger partial charge in [-0.3, -0.25) is 4.79 Å². The summed E-state index contributed by atoms with van der Waals surface area (Å²) in [6.45, 7) is 1.96. The van der Waals surface area contributed by atoms with Crippen LogP contribution in [0.1, 0.15) is 15.9 Å². The van der Waals surface area contributed by atoms with Crippen molar-refractivity contribution in [2.24, 2.45) is 0 Å². The fourth-order valence-corrected chi connectivity index (χ4v) is 2.81. The van der Waals surface area contributed by atoms with E-state index in [9.17, 15) is 13.6 Å². The highest BCUT2D eigenvalue weighted by atomic mass is 32.2. The van der Waals surface area contributed by atoms with Crippen LogP contribution in [-0.4, -0.2) is 31.7 Å². The monoisotopic (exact) mass is 346 g/mol. The summed E-state index contributed by atoms with van der Waals surface area (Å²) in [6, 6.07) is 10.3. The first-order valence-electron chi connectivity index (χ1n) is 7.01. The molecule has 0 unspecified atom stereocenters. The Balaban J connectivity index is 1.76. The van der Waals surface area contributed by atoms with Crippen LogP contribution >= 0.6 is 11.8 Å². The highest BCUT2D eigenvalue weighted by molar-refractivity contribution is 7.99. The number of halogens is 2. The molecule has 1 heterocycles. The Morgan fingerprint density at radius 1 is 1.17 bits per heavy atom. The van der Waals surface area contributed by atoms with E-state index in [2.05, 4.69) is 15.5 Å². The predicted molar refractivity (Wildman–Crippen MR) is 85.3 cm³/mol. The number of Topliss-reactive ketones (excluding diaryl/α,β-unsaturated/α-hetero) is 1. The zero-order chi connectivity index (χ0) is 17.1. The van der Waals surface area contributed by atoms with Gasteiger partial charge in [0.05, 0.1) is 17.0 Å². The molecule has 0 N–H and O–H groups in total. The van der Waals surface area contributed by atoms with E-state index in [1.807, 2.05) is 31.2 Å². The summed E-state index contributed by atoms with van der Waals surface area (Å²) < 4.78 is 28.3. The predicted octanol–water partition coefficient (Wildman–Crippen LogP) is 3.22. The topological polar surface area (TPSA) is 60.7 Å². The van der Waals surface area contributed by atoms with Gasteiger partial charge in [-0.2, -0.15) is 4.68 Å². The second-order valence-electron chi connectivity index (χ2n) is 5.04. The lowest BCUT2D eigenvalue weighted by atomic mass is 10.1. The van der Waals surface area contributed by atoms with Crippen molar-refractivity contribution in [1.82, 2.24) is 20.2 Å². The molecular weight excluding hydrogens is 334 g/mol. The van der Waals surface area contributed by atoms with E-state index in [1.54, 1.807) is 0 Å². The molecule has 0 bridgehead atoms. The number of rotatable bonds is 5. The van der Waals surface area contributed by atoms with Gasteiger partial charge in [0.15, 0.2) is 5.78 Å². The van der Waals surface area contributed by atoms with Gasteiger partial charge in [0, 0.05) is 0 Å². The van der Waals surface area contributed by atoms with Gasteiger partial charge in [-0.05, 0) is 47.7 Å². The highest BCUT2D eigenvalue weighted by Gasteiger charge is 2.16. The van der Waals surface area contributed by atoms with E-state index in [0.717, 1.165) is 41.2 Å². The first-order valence-corrected chi connectivity index (χ1v) is 7.99. The van der Waals surface area contributed by atoms with Crippen molar-refractivity contribution < 1.29 is 13.6 Å². The van der Waals surface area contributed by atoms with Crippen LogP contribution in [0, 0.1) is 18.6 Å². The largest absolute Gasteiger partial charge is 0.293 e. The van der Waals surface area contributed by atoms with Gasteiger partial charge in [0.2, 0.25) is 5.16 Å². The number of thioether (sulfide) groups is 1. The van der Waals surface area contributed by atoms with Crippen molar-refractivity contribution in [3.05, 3.63) is 65.2 Å². The molecule has 1 aromatic heterocycles. The maximum absolute atomic E-state index is 13.6. The molecule has 0 saturated carbocycles. The molecule has 0 saturated heterocycles. The summed E-state index contributed by atoms with van der Waals surface area (Å²) in [5.74, 6) is -2.04. The van der Waals surface area contributed by atoms with Crippen molar-refractivity contribution in [3.63, 3.8) is 0 Å². The molecule has 0 radical (unpaired) electrons. The molecule has 0 aliphatic heterocycles. The van der Waals surface area contributed by atoms with E-state index < -0.39 is 17.4 Å². The van der Waals surface area contributed by atoms with Crippen LogP contribution in [0.3, 0.4) is 0 Å². The number of aryl methyl sites for hydroxylation is 1. The average molecular weight is 346 g/mol. The molecule has 0 spiro atoms. The number of hydrogen-bond donors (Lipinski definition) is 0. The van der Waals surface area contributed by atoms with Crippen LogP contribution in [-0.2, 0) is 0 Å². The lowest BCUT2D eigenvalue weighted by Crippen LogP contribution is -2.07. The van der Waals surface area contributed by atoms with E-state index in [0.29, 0.717) is 5.16 Å². The molecule has 8 heteroatoms. The zero-order valence-electron chi connectivity index (χ0n) is 12.6. The Morgan fingerprint density at radius 2 is 1.92 bits per heavy atom. The van der Waals surface area contributed by atoms with Crippen molar-refractivity contribution in [3.8, 4) is 5.69 Å². The first-order chi connectivity index (χ1) is 11.5. The van der Waals surface area contributed by atoms with Gasteiger partial charge in [-0.15, -0.1) is 5.10 Å². The Hall–Kier alpha value is -2.61. The Labute approximate surface area is 140 Å². The SMILES string of the molecule is Cc1ccc(-n2nnnc2SCC(=O)c2cc(F)ccc2F)cc1. The van der Waals surface area contributed by atoms with Crippen molar-refractivity contribution in [1.29, 1.82) is 0 Å². The lowest BCUT2D eigenvalue weighted by molar-refractivity contribution is 0.101. The van der Waals surface area contributed by atoms with Crippen molar-refractivity contribution in [2.45, 2.75) is 12.1 Å². The van der Waals surface area contributed by atoms with Crippen LogP contribution in [0.4, 0.5) is 8.78 Å². The third-order valence-electron chi connectivity index (χ3n) is 3.28. The minimum atomic E-state index is -0.750. The van der Waals surface area contributed by atoms with Gasteiger partial charge in [-0.25, -0.2) is 8.78 Å². The molecule has 2 aromatic carbocycles. The molecule has 0 aliphatic carbocycles. The molecule has 0 fully saturated rings. The van der Waals surface area contributed by atoms with E-state index in [4.69, 9.17) is 0 Å². The molecule has 24 heavy (non-hydrogen) atoms. The third-order valence-corrected chi connectivity index (χ3v) is 4.20. The van der Waals surface area contributed by atoms with Crippen molar-refractivity contribution in [2.75, 3.05) is 5.75 Å². The number of aromatic nitrogens is 4. The number of benzene rings is 2. The van der Waals surface area contributed by atoms with Crippen LogP contribution in [0.5, 0.6) is 0 Å². The van der Waals surface area contributed by atoms with Crippen molar-refractivity contribution >= 4 is 17.5 Å². The van der Waals surface area contributed by atoms with Gasteiger partial charge in [0.25, 0.3) is 0 Å². The summed E-state index contributed by atoms with van der Waals surface area (Å²) in [4.78, 5) is 12.1. The number of carbonyl (C=O) groups excluding carboxylic acids is 1. The summed E-state index contributed by atoms with van der Waals surface area (Å²) in [7, 11) is 0. The first kappa shape index (κ1) is 16.3. The van der Waals surface area contributed by atoms with Gasteiger partial charge >= 0.3 is 0 Å². The van der Waals surface area contributed by atoms with E-state index in [-0.39, 0.29) is 11.3 Å².